The van der Waals surface area contributed by atoms with Gasteiger partial charge < -0.3 is 0 Å². The molecule has 2 heterocycles. The number of rotatable bonds is 3. The number of aryl methyl sites for hydroxylation is 1. The molecule has 2 aromatic carbocycles. The molecule has 1 aliphatic heterocycles. The molecule has 3 heteroatoms. The van der Waals surface area contributed by atoms with E-state index in [0.29, 0.717) is 5.92 Å². The lowest BCUT2D eigenvalue weighted by atomic mass is 9.96. The zero-order chi connectivity index (χ0) is 15.8. The van der Waals surface area contributed by atoms with Gasteiger partial charge in [0.1, 0.15) is 11.2 Å². The van der Waals surface area contributed by atoms with Gasteiger partial charge in [-0.25, -0.2) is 0 Å². The summed E-state index contributed by atoms with van der Waals surface area (Å²) in [6.45, 7) is 5.53. The van der Waals surface area contributed by atoms with Gasteiger partial charge >= 0.3 is 0 Å². The lowest BCUT2D eigenvalue weighted by Crippen LogP contribution is -2.33. The van der Waals surface area contributed by atoms with E-state index in [9.17, 15) is 0 Å². The van der Waals surface area contributed by atoms with Crippen LogP contribution in [0.1, 0.15) is 36.8 Å². The molecule has 23 heavy (non-hydrogen) atoms. The van der Waals surface area contributed by atoms with Crippen LogP contribution in [0.2, 0.25) is 0 Å². The monoisotopic (exact) mass is 338 g/mol. The van der Waals surface area contributed by atoms with Gasteiger partial charge in [-0.1, -0.05) is 60.4 Å². The van der Waals surface area contributed by atoms with E-state index in [0.717, 1.165) is 13.0 Å². The van der Waals surface area contributed by atoms with Gasteiger partial charge in [0.25, 0.3) is 5.01 Å². The molecule has 0 saturated carbocycles. The van der Waals surface area contributed by atoms with Crippen molar-refractivity contribution in [2.75, 3.05) is 0 Å². The van der Waals surface area contributed by atoms with Gasteiger partial charge in [0.05, 0.1) is 0 Å². The molecular formula is C20H20NS2+. The Morgan fingerprint density at radius 3 is 2.65 bits per heavy atom. The normalized spacial score (nSPS) is 18.7. The molecule has 0 N–H and O–H groups in total. The minimum absolute atomic E-state index is 0.548. The Hall–Kier alpha value is -1.58. The van der Waals surface area contributed by atoms with Crippen molar-refractivity contribution in [3.8, 4) is 0 Å². The van der Waals surface area contributed by atoms with Gasteiger partial charge in [0.2, 0.25) is 5.52 Å². The molecule has 1 aliphatic rings. The smallest absolute Gasteiger partial charge is 0.182 e. The van der Waals surface area contributed by atoms with E-state index in [2.05, 4.69) is 73.0 Å². The van der Waals surface area contributed by atoms with Gasteiger partial charge in [-0.15, -0.1) is 0 Å². The van der Waals surface area contributed by atoms with E-state index >= 15 is 0 Å². The molecule has 1 atom stereocenters. The van der Waals surface area contributed by atoms with Crippen molar-refractivity contribution in [3.63, 3.8) is 0 Å². The molecule has 1 unspecified atom stereocenters. The molecule has 3 aromatic rings. The maximum Gasteiger partial charge on any atom is 0.263 e. The number of para-hydroxylation sites is 1. The number of hydrogen-bond donors (Lipinski definition) is 0. The molecule has 0 spiro atoms. The number of hydrogen-bond acceptors (Lipinski definition) is 2. The summed E-state index contributed by atoms with van der Waals surface area (Å²) in [4.78, 5) is 2.91. The van der Waals surface area contributed by atoms with Crippen molar-refractivity contribution in [2.45, 2.75) is 37.6 Å². The van der Waals surface area contributed by atoms with E-state index in [1.807, 2.05) is 23.1 Å². The van der Waals surface area contributed by atoms with Gasteiger partial charge in [-0.2, -0.15) is 4.57 Å². The maximum atomic E-state index is 2.43. The van der Waals surface area contributed by atoms with Crippen LogP contribution in [0.3, 0.4) is 0 Å². The van der Waals surface area contributed by atoms with Crippen molar-refractivity contribution in [1.29, 1.82) is 0 Å². The second-order valence-electron chi connectivity index (χ2n) is 5.80. The first kappa shape index (κ1) is 15.0. The lowest BCUT2D eigenvalue weighted by Gasteiger charge is -2.08. The van der Waals surface area contributed by atoms with E-state index < -0.39 is 0 Å². The summed E-state index contributed by atoms with van der Waals surface area (Å²) in [5.41, 5.74) is 2.84. The van der Waals surface area contributed by atoms with Crippen LogP contribution in [-0.4, -0.2) is 0 Å². The first-order valence-electron chi connectivity index (χ1n) is 8.21. The van der Waals surface area contributed by atoms with E-state index in [1.165, 1.54) is 30.6 Å². The van der Waals surface area contributed by atoms with Gasteiger partial charge in [-0.05, 0) is 31.0 Å². The minimum Gasteiger partial charge on any atom is -0.182 e. The molecule has 0 radical (unpaired) electrons. The SMILES string of the molecule is CCC1/C(=C\c2sc3ccccc3[n+]2CC)Sc2ccccc21. The second kappa shape index (κ2) is 6.14. The average Bonchev–Trinajstić information content (AvgIpc) is 3.11. The highest BCUT2D eigenvalue weighted by Crippen LogP contribution is 2.50. The highest BCUT2D eigenvalue weighted by atomic mass is 32.2. The summed E-state index contributed by atoms with van der Waals surface area (Å²) in [6, 6.07) is 17.6. The minimum atomic E-state index is 0.548. The van der Waals surface area contributed by atoms with Crippen LogP contribution >= 0.6 is 23.1 Å². The molecule has 0 fully saturated rings. The van der Waals surface area contributed by atoms with Crippen LogP contribution in [0.15, 0.2) is 58.3 Å². The zero-order valence-electron chi connectivity index (χ0n) is 13.5. The van der Waals surface area contributed by atoms with Crippen LogP contribution in [-0.2, 0) is 6.54 Å². The first-order valence-corrected chi connectivity index (χ1v) is 9.84. The van der Waals surface area contributed by atoms with Crippen molar-refractivity contribution in [1.82, 2.24) is 0 Å². The summed E-state index contributed by atoms with van der Waals surface area (Å²) in [7, 11) is 0. The molecule has 116 valence electrons. The third-order valence-electron chi connectivity index (χ3n) is 4.49. The number of fused-ring (bicyclic) bond motifs is 2. The summed E-state index contributed by atoms with van der Waals surface area (Å²) in [6.07, 6.45) is 3.58. The molecule has 4 rings (SSSR count). The number of nitrogens with zero attached hydrogens (tertiary/aromatic N) is 1. The largest absolute Gasteiger partial charge is 0.263 e. The number of thioether (sulfide) groups is 1. The lowest BCUT2D eigenvalue weighted by molar-refractivity contribution is -0.665. The number of aromatic nitrogens is 1. The fourth-order valence-electron chi connectivity index (χ4n) is 3.37. The number of thiazole rings is 1. The quantitative estimate of drug-likeness (QED) is 0.542. The molecule has 1 aromatic heterocycles. The fourth-order valence-corrected chi connectivity index (χ4v) is 5.96. The zero-order valence-corrected chi connectivity index (χ0v) is 15.1. The third kappa shape index (κ3) is 2.52. The Labute approximate surface area is 145 Å². The van der Waals surface area contributed by atoms with Crippen molar-refractivity contribution in [2.24, 2.45) is 0 Å². The van der Waals surface area contributed by atoms with Crippen LogP contribution in [0.25, 0.3) is 16.3 Å². The van der Waals surface area contributed by atoms with Crippen molar-refractivity contribution < 1.29 is 4.57 Å². The molecular weight excluding hydrogens is 318 g/mol. The molecule has 0 saturated heterocycles. The summed E-state index contributed by atoms with van der Waals surface area (Å²) in [5.74, 6) is 0.548. The highest BCUT2D eigenvalue weighted by molar-refractivity contribution is 8.03. The van der Waals surface area contributed by atoms with Crippen molar-refractivity contribution >= 4 is 39.4 Å². The first-order chi connectivity index (χ1) is 11.3. The predicted molar refractivity (Wildman–Crippen MR) is 101 cm³/mol. The topological polar surface area (TPSA) is 3.88 Å². The molecule has 0 amide bonds. The van der Waals surface area contributed by atoms with Gasteiger partial charge in [-0.3, -0.25) is 0 Å². The summed E-state index contributed by atoms with van der Waals surface area (Å²) < 4.78 is 3.80. The van der Waals surface area contributed by atoms with Gasteiger partial charge in [0.15, 0.2) is 0 Å². The van der Waals surface area contributed by atoms with Gasteiger partial charge in [0, 0.05) is 27.9 Å². The summed E-state index contributed by atoms with van der Waals surface area (Å²) >= 11 is 3.85. The fraction of sp³-hybridized carbons (Fsp3) is 0.250. The second-order valence-corrected chi connectivity index (χ2v) is 7.98. The van der Waals surface area contributed by atoms with E-state index in [-0.39, 0.29) is 0 Å². The van der Waals surface area contributed by atoms with Crippen molar-refractivity contribution in [3.05, 3.63) is 64.0 Å². The summed E-state index contributed by atoms with van der Waals surface area (Å²) in [5, 5.41) is 1.36. The van der Waals surface area contributed by atoms with Crippen LogP contribution in [0.4, 0.5) is 0 Å². The average molecular weight is 339 g/mol. The standard InChI is InChI=1S/C20H20NS2/c1-3-14-15-9-5-7-11-17(15)22-19(14)13-20-21(4-2)16-10-6-8-12-18(16)23-20/h5-14H,3-4H2,1-2H3/q+1/b19-13+. The van der Waals surface area contributed by atoms with Crippen LogP contribution in [0, 0.1) is 0 Å². The number of benzene rings is 2. The third-order valence-corrected chi connectivity index (χ3v) is 6.83. The Morgan fingerprint density at radius 2 is 1.83 bits per heavy atom. The van der Waals surface area contributed by atoms with Crippen LogP contribution < -0.4 is 4.57 Å². The molecule has 0 bridgehead atoms. The van der Waals surface area contributed by atoms with Crippen LogP contribution in [0.5, 0.6) is 0 Å². The highest BCUT2D eigenvalue weighted by Gasteiger charge is 2.28. The Balaban J connectivity index is 1.82. The number of allylic oxidation sites excluding steroid dienone is 1. The Kier molecular flexibility index (Phi) is 4.00. The van der Waals surface area contributed by atoms with E-state index in [4.69, 9.17) is 0 Å². The predicted octanol–water partition coefficient (Wildman–Crippen LogP) is 5.85. The molecule has 1 nitrogen and oxygen atoms in total. The Bertz CT molecular complexity index is 892. The van der Waals surface area contributed by atoms with E-state index in [1.54, 1.807) is 0 Å². The Morgan fingerprint density at radius 1 is 1.04 bits per heavy atom. The maximum absolute atomic E-state index is 2.43. The molecule has 0 aliphatic carbocycles.